The minimum absolute atomic E-state index is 0.328. The van der Waals surface area contributed by atoms with Gasteiger partial charge in [-0.15, -0.1) is 5.92 Å². The van der Waals surface area contributed by atoms with Gasteiger partial charge < -0.3 is 4.23 Å². The molecule has 0 heterocycles. The van der Waals surface area contributed by atoms with E-state index in [4.69, 9.17) is 0 Å². The molecule has 1 rings (SSSR count). The Balaban J connectivity index is 2.72. The van der Waals surface area contributed by atoms with Crippen LogP contribution in [0.2, 0.25) is 26.2 Å². The first-order valence-corrected chi connectivity index (χ1v) is 12.8. The molecule has 0 N–H and O–H groups in total. The van der Waals surface area contributed by atoms with Crippen LogP contribution < -0.4 is 0 Å². The first-order chi connectivity index (χ1) is 9.07. The predicted molar refractivity (Wildman–Crippen MR) is 89.9 cm³/mol. The molecule has 2 radical (unpaired) electrons. The Kier molecular flexibility index (Phi) is 8.05. The van der Waals surface area contributed by atoms with Crippen LogP contribution >= 0.6 is 0 Å². The third-order valence-electron chi connectivity index (χ3n) is 3.97. The molecule has 0 aliphatic heterocycles. The quantitative estimate of drug-likeness (QED) is 0.408. The normalized spacial score (nSPS) is 23.8. The fraction of sp³-hybridized carbons (Fsp3) is 0.875. The molecule has 0 amide bonds. The number of hydrogen-bond donors (Lipinski definition) is 0. The molecule has 19 heavy (non-hydrogen) atoms. The average molecular weight is 294 g/mol. The molecule has 0 unspecified atom stereocenters. The van der Waals surface area contributed by atoms with E-state index in [0.29, 0.717) is 5.92 Å². The number of nitrogens with zero attached hydrogens (tertiary/aromatic N) is 1. The zero-order valence-corrected chi connectivity index (χ0v) is 15.6. The molecule has 1 nitrogen and oxygen atoms in total. The van der Waals surface area contributed by atoms with E-state index in [1.165, 1.54) is 38.5 Å². The van der Waals surface area contributed by atoms with Gasteiger partial charge in [0.25, 0.3) is 0 Å². The lowest BCUT2D eigenvalue weighted by molar-refractivity contribution is 0.279. The topological polar surface area (TPSA) is 3.24 Å². The number of unbranched alkanes of at least 4 members (excludes halogenated alkanes) is 2. The van der Waals surface area contributed by atoms with E-state index in [1.54, 1.807) is 0 Å². The van der Waals surface area contributed by atoms with Gasteiger partial charge in [0.15, 0.2) is 0 Å². The van der Waals surface area contributed by atoms with Crippen LogP contribution in [0.5, 0.6) is 0 Å². The molecule has 0 aromatic heterocycles. The van der Waals surface area contributed by atoms with Crippen LogP contribution in [0.4, 0.5) is 0 Å². The predicted octanol–water partition coefficient (Wildman–Crippen LogP) is 4.54. The van der Waals surface area contributed by atoms with Crippen molar-refractivity contribution >= 4 is 17.9 Å². The van der Waals surface area contributed by atoms with Crippen molar-refractivity contribution in [1.82, 2.24) is 4.23 Å². The third kappa shape index (κ3) is 5.45. The molecule has 1 aliphatic carbocycles. The van der Waals surface area contributed by atoms with Gasteiger partial charge in [0.1, 0.15) is 17.9 Å². The lowest BCUT2D eigenvalue weighted by atomic mass is 9.85. The molecular formula is C16H31NSi2. The Morgan fingerprint density at radius 2 is 1.68 bits per heavy atom. The SMILES string of the molecule is CCCCC#C[C@H]1CCCC[C@H]1N([Si](C)C)[Si](C)C. The van der Waals surface area contributed by atoms with Crippen molar-refractivity contribution in [3.63, 3.8) is 0 Å². The molecule has 1 fully saturated rings. The summed E-state index contributed by atoms with van der Waals surface area (Å²) in [6, 6.07) is 0.774. The Morgan fingerprint density at radius 3 is 2.26 bits per heavy atom. The van der Waals surface area contributed by atoms with E-state index >= 15 is 0 Å². The van der Waals surface area contributed by atoms with Gasteiger partial charge >= 0.3 is 0 Å². The Bertz CT molecular complexity index is 296. The van der Waals surface area contributed by atoms with Crippen LogP contribution in [0, 0.1) is 17.8 Å². The molecule has 0 bridgehead atoms. The second-order valence-electron chi connectivity index (χ2n) is 6.15. The van der Waals surface area contributed by atoms with Crippen molar-refractivity contribution in [2.24, 2.45) is 5.92 Å². The smallest absolute Gasteiger partial charge is 0.122 e. The fourth-order valence-electron chi connectivity index (χ4n) is 3.17. The summed E-state index contributed by atoms with van der Waals surface area (Å²) in [4.78, 5) is 0. The summed E-state index contributed by atoms with van der Waals surface area (Å²) < 4.78 is 2.90. The molecular weight excluding hydrogens is 262 g/mol. The van der Waals surface area contributed by atoms with E-state index in [9.17, 15) is 0 Å². The van der Waals surface area contributed by atoms with E-state index < -0.39 is 0 Å². The van der Waals surface area contributed by atoms with Crippen molar-refractivity contribution in [2.75, 3.05) is 0 Å². The number of rotatable bonds is 5. The van der Waals surface area contributed by atoms with Gasteiger partial charge in [-0.3, -0.25) is 0 Å². The molecule has 0 spiro atoms. The Morgan fingerprint density at radius 1 is 1.05 bits per heavy atom. The summed E-state index contributed by atoms with van der Waals surface area (Å²) in [6.07, 6.45) is 9.17. The fourth-order valence-corrected chi connectivity index (χ4v) is 8.69. The van der Waals surface area contributed by atoms with Crippen molar-refractivity contribution < 1.29 is 0 Å². The van der Waals surface area contributed by atoms with Gasteiger partial charge in [0, 0.05) is 18.4 Å². The summed E-state index contributed by atoms with van der Waals surface area (Å²) in [6.45, 7) is 12.1. The minimum Gasteiger partial charge on any atom is -0.344 e. The van der Waals surface area contributed by atoms with Crippen LogP contribution in [0.25, 0.3) is 0 Å². The highest BCUT2D eigenvalue weighted by atomic mass is 28.3. The van der Waals surface area contributed by atoms with Gasteiger partial charge in [-0.05, 0) is 19.3 Å². The average Bonchev–Trinajstić information content (AvgIpc) is 2.35. The standard InChI is InChI=1S/C16H31NSi2/c1-6-7-8-9-12-15-13-10-11-14-16(15)17(18(2)3)19(4)5/h15-16H,6-8,10-11,13-14H2,1-5H3/t15-,16+/m0/s1. The summed E-state index contributed by atoms with van der Waals surface area (Å²) in [5, 5.41) is 0. The van der Waals surface area contributed by atoms with Gasteiger partial charge in [0.2, 0.25) is 0 Å². The van der Waals surface area contributed by atoms with Crippen LogP contribution in [-0.4, -0.2) is 28.2 Å². The summed E-state index contributed by atoms with van der Waals surface area (Å²) in [5.74, 6) is 7.76. The van der Waals surface area contributed by atoms with Gasteiger partial charge in [-0.25, -0.2) is 0 Å². The van der Waals surface area contributed by atoms with Crippen molar-refractivity contribution in [1.29, 1.82) is 0 Å². The molecule has 0 aromatic rings. The molecule has 1 aliphatic rings. The lowest BCUT2D eigenvalue weighted by Gasteiger charge is -2.42. The molecule has 2 atom stereocenters. The molecule has 3 heteroatoms. The van der Waals surface area contributed by atoms with Crippen LogP contribution in [0.15, 0.2) is 0 Å². The second kappa shape index (κ2) is 8.99. The summed E-state index contributed by atoms with van der Waals surface area (Å²) in [7, 11) is -0.655. The van der Waals surface area contributed by atoms with Gasteiger partial charge in [-0.2, -0.15) is 0 Å². The maximum atomic E-state index is 3.64. The second-order valence-corrected chi connectivity index (χ2v) is 11.3. The van der Waals surface area contributed by atoms with Crippen LogP contribution in [-0.2, 0) is 0 Å². The van der Waals surface area contributed by atoms with E-state index in [2.05, 4.69) is 49.2 Å². The van der Waals surface area contributed by atoms with Crippen LogP contribution in [0.1, 0.15) is 51.9 Å². The highest BCUT2D eigenvalue weighted by Gasteiger charge is 2.32. The molecule has 108 valence electrons. The summed E-state index contributed by atoms with van der Waals surface area (Å²) in [5.41, 5.74) is 0. The molecule has 1 saturated carbocycles. The largest absolute Gasteiger partial charge is 0.344 e. The third-order valence-corrected chi connectivity index (χ3v) is 9.24. The Hall–Kier alpha value is -0.0462. The monoisotopic (exact) mass is 293 g/mol. The summed E-state index contributed by atoms with van der Waals surface area (Å²) >= 11 is 0. The highest BCUT2D eigenvalue weighted by molar-refractivity contribution is 6.70. The van der Waals surface area contributed by atoms with Crippen molar-refractivity contribution in [2.45, 2.75) is 84.1 Å². The van der Waals surface area contributed by atoms with Gasteiger partial charge in [-0.1, -0.05) is 58.3 Å². The molecule has 0 saturated heterocycles. The maximum absolute atomic E-state index is 3.64. The minimum atomic E-state index is -0.328. The van der Waals surface area contributed by atoms with Gasteiger partial charge in [0.05, 0.1) is 0 Å². The van der Waals surface area contributed by atoms with Crippen molar-refractivity contribution in [3.05, 3.63) is 0 Å². The van der Waals surface area contributed by atoms with Crippen LogP contribution in [0.3, 0.4) is 0 Å². The number of hydrogen-bond acceptors (Lipinski definition) is 1. The first kappa shape index (κ1) is 17.0. The van der Waals surface area contributed by atoms with E-state index in [1.807, 2.05) is 0 Å². The first-order valence-electron chi connectivity index (χ1n) is 7.95. The lowest BCUT2D eigenvalue weighted by Crippen LogP contribution is -2.53. The van der Waals surface area contributed by atoms with E-state index in [0.717, 1.165) is 12.5 Å². The zero-order chi connectivity index (χ0) is 14.3. The zero-order valence-electron chi connectivity index (χ0n) is 13.6. The Labute approximate surface area is 124 Å². The van der Waals surface area contributed by atoms with Crippen molar-refractivity contribution in [3.8, 4) is 11.8 Å². The highest BCUT2D eigenvalue weighted by Crippen LogP contribution is 2.29. The maximum Gasteiger partial charge on any atom is 0.122 e. The molecule has 0 aromatic carbocycles. The van der Waals surface area contributed by atoms with E-state index in [-0.39, 0.29) is 17.9 Å².